The van der Waals surface area contributed by atoms with Crippen LogP contribution in [0.3, 0.4) is 0 Å². The predicted octanol–water partition coefficient (Wildman–Crippen LogP) is 2.06. The van der Waals surface area contributed by atoms with E-state index >= 15 is 0 Å². The molecule has 4 nitrogen and oxygen atoms in total. The fourth-order valence-electron chi connectivity index (χ4n) is 2.09. The molecule has 0 spiro atoms. The number of aryl methyl sites for hydroxylation is 2. The molecule has 1 aromatic rings. The van der Waals surface area contributed by atoms with Crippen molar-refractivity contribution in [3.05, 3.63) is 17.5 Å². The SMILES string of the molecule is CCc1cc(CN(CCCO)C(C)C)n(CC)n1. The number of nitrogens with zero attached hydrogens (tertiary/aromatic N) is 3. The van der Waals surface area contributed by atoms with Crippen molar-refractivity contribution in [3.63, 3.8) is 0 Å². The maximum atomic E-state index is 8.96. The fraction of sp³-hybridized carbons (Fsp3) is 0.786. The van der Waals surface area contributed by atoms with E-state index in [0.29, 0.717) is 6.04 Å². The maximum absolute atomic E-state index is 8.96. The minimum atomic E-state index is 0.260. The Labute approximate surface area is 111 Å². The molecule has 1 N–H and O–H groups in total. The molecule has 0 radical (unpaired) electrons. The third kappa shape index (κ3) is 4.10. The molecule has 0 aliphatic rings. The molecule has 0 unspecified atom stereocenters. The zero-order valence-corrected chi connectivity index (χ0v) is 12.2. The summed E-state index contributed by atoms with van der Waals surface area (Å²) in [6.07, 6.45) is 1.82. The number of hydrogen-bond donors (Lipinski definition) is 1. The molecule has 0 amide bonds. The second-order valence-electron chi connectivity index (χ2n) is 4.94. The molecule has 0 bridgehead atoms. The highest BCUT2D eigenvalue weighted by Crippen LogP contribution is 2.11. The lowest BCUT2D eigenvalue weighted by molar-refractivity contribution is 0.180. The first-order valence-corrected chi connectivity index (χ1v) is 7.02. The van der Waals surface area contributed by atoms with Crippen LogP contribution in [0.1, 0.15) is 45.5 Å². The summed E-state index contributed by atoms with van der Waals surface area (Å²) < 4.78 is 2.09. The van der Waals surface area contributed by atoms with Crippen molar-refractivity contribution in [2.24, 2.45) is 0 Å². The summed E-state index contributed by atoms with van der Waals surface area (Å²) in [5.41, 5.74) is 2.44. The van der Waals surface area contributed by atoms with E-state index in [-0.39, 0.29) is 6.61 Å². The Morgan fingerprint density at radius 1 is 1.39 bits per heavy atom. The first-order valence-electron chi connectivity index (χ1n) is 7.02. The van der Waals surface area contributed by atoms with E-state index in [2.05, 4.69) is 48.4 Å². The maximum Gasteiger partial charge on any atom is 0.0625 e. The molecule has 1 rings (SSSR count). The molecule has 0 saturated heterocycles. The number of aromatic nitrogens is 2. The van der Waals surface area contributed by atoms with Crippen molar-refractivity contribution in [1.29, 1.82) is 0 Å². The third-order valence-corrected chi connectivity index (χ3v) is 3.27. The fourth-order valence-corrected chi connectivity index (χ4v) is 2.09. The molecule has 4 heteroatoms. The minimum Gasteiger partial charge on any atom is -0.396 e. The molecule has 18 heavy (non-hydrogen) atoms. The van der Waals surface area contributed by atoms with Crippen LogP contribution in [0.4, 0.5) is 0 Å². The Bertz CT molecular complexity index is 347. The molecular formula is C14H27N3O. The van der Waals surface area contributed by atoms with Crippen molar-refractivity contribution >= 4 is 0 Å². The monoisotopic (exact) mass is 253 g/mol. The summed E-state index contributed by atoms with van der Waals surface area (Å²) in [6, 6.07) is 2.69. The second-order valence-corrected chi connectivity index (χ2v) is 4.94. The van der Waals surface area contributed by atoms with Crippen LogP contribution in [0.25, 0.3) is 0 Å². The molecular weight excluding hydrogens is 226 g/mol. The highest BCUT2D eigenvalue weighted by Gasteiger charge is 2.13. The Balaban J connectivity index is 2.75. The van der Waals surface area contributed by atoms with Gasteiger partial charge in [-0.2, -0.15) is 5.10 Å². The second kappa shape index (κ2) is 7.54. The van der Waals surface area contributed by atoms with Gasteiger partial charge in [0.2, 0.25) is 0 Å². The summed E-state index contributed by atoms with van der Waals surface area (Å²) in [5, 5.41) is 13.5. The summed E-state index contributed by atoms with van der Waals surface area (Å²) >= 11 is 0. The Hall–Kier alpha value is -0.870. The first-order chi connectivity index (χ1) is 8.62. The molecule has 0 aliphatic carbocycles. The van der Waals surface area contributed by atoms with Crippen LogP contribution in [0, 0.1) is 0 Å². The van der Waals surface area contributed by atoms with E-state index in [0.717, 1.165) is 38.2 Å². The molecule has 1 heterocycles. The largest absolute Gasteiger partial charge is 0.396 e. The van der Waals surface area contributed by atoms with E-state index in [4.69, 9.17) is 5.11 Å². The van der Waals surface area contributed by atoms with E-state index in [1.807, 2.05) is 0 Å². The number of aliphatic hydroxyl groups is 1. The number of hydrogen-bond acceptors (Lipinski definition) is 3. The zero-order chi connectivity index (χ0) is 13.5. The highest BCUT2D eigenvalue weighted by molar-refractivity contribution is 5.10. The molecule has 0 aromatic carbocycles. The minimum absolute atomic E-state index is 0.260. The highest BCUT2D eigenvalue weighted by atomic mass is 16.3. The van der Waals surface area contributed by atoms with Gasteiger partial charge in [0.25, 0.3) is 0 Å². The van der Waals surface area contributed by atoms with Gasteiger partial charge in [-0.25, -0.2) is 0 Å². The van der Waals surface area contributed by atoms with Crippen molar-refractivity contribution in [3.8, 4) is 0 Å². The van der Waals surface area contributed by atoms with Crippen molar-refractivity contribution in [2.75, 3.05) is 13.2 Å². The molecule has 0 saturated carbocycles. The molecule has 104 valence electrons. The van der Waals surface area contributed by atoms with Crippen LogP contribution in [0.2, 0.25) is 0 Å². The Morgan fingerprint density at radius 3 is 2.61 bits per heavy atom. The van der Waals surface area contributed by atoms with Crippen LogP contribution >= 0.6 is 0 Å². The van der Waals surface area contributed by atoms with Gasteiger partial charge in [0, 0.05) is 32.3 Å². The van der Waals surface area contributed by atoms with Crippen molar-refractivity contribution in [2.45, 2.75) is 59.7 Å². The van der Waals surface area contributed by atoms with Gasteiger partial charge in [-0.1, -0.05) is 6.92 Å². The van der Waals surface area contributed by atoms with Gasteiger partial charge in [0.1, 0.15) is 0 Å². The lowest BCUT2D eigenvalue weighted by Gasteiger charge is -2.26. The van der Waals surface area contributed by atoms with E-state index in [1.54, 1.807) is 0 Å². The van der Waals surface area contributed by atoms with Gasteiger partial charge in [-0.3, -0.25) is 9.58 Å². The molecule has 0 fully saturated rings. The summed E-state index contributed by atoms with van der Waals surface area (Å²) in [5.74, 6) is 0. The topological polar surface area (TPSA) is 41.3 Å². The molecule has 0 aliphatic heterocycles. The van der Waals surface area contributed by atoms with Gasteiger partial charge in [-0.15, -0.1) is 0 Å². The van der Waals surface area contributed by atoms with E-state index < -0.39 is 0 Å². The van der Waals surface area contributed by atoms with Crippen molar-refractivity contribution < 1.29 is 5.11 Å². The standard InChI is InChI=1S/C14H27N3O/c1-5-13-10-14(17(6-2)15-13)11-16(12(3)4)8-7-9-18/h10,12,18H,5-9,11H2,1-4H3. The van der Waals surface area contributed by atoms with Crippen LogP contribution in [0.5, 0.6) is 0 Å². The van der Waals surface area contributed by atoms with E-state index in [1.165, 1.54) is 5.69 Å². The van der Waals surface area contributed by atoms with E-state index in [9.17, 15) is 0 Å². The lowest BCUT2D eigenvalue weighted by atomic mass is 10.2. The summed E-state index contributed by atoms with van der Waals surface area (Å²) in [7, 11) is 0. The number of aliphatic hydroxyl groups excluding tert-OH is 1. The van der Waals surface area contributed by atoms with Crippen molar-refractivity contribution in [1.82, 2.24) is 14.7 Å². The van der Waals surface area contributed by atoms with Crippen LogP contribution in [-0.2, 0) is 19.5 Å². The van der Waals surface area contributed by atoms with Crippen LogP contribution in [-0.4, -0.2) is 39.0 Å². The normalized spacial score (nSPS) is 11.7. The van der Waals surface area contributed by atoms with Gasteiger partial charge in [-0.05, 0) is 39.7 Å². The third-order valence-electron chi connectivity index (χ3n) is 3.27. The average molecular weight is 253 g/mol. The molecule has 1 aromatic heterocycles. The van der Waals surface area contributed by atoms with Gasteiger partial charge < -0.3 is 5.11 Å². The Kier molecular flexibility index (Phi) is 6.36. The first kappa shape index (κ1) is 15.2. The van der Waals surface area contributed by atoms with Crippen LogP contribution < -0.4 is 0 Å². The molecule has 0 atom stereocenters. The smallest absolute Gasteiger partial charge is 0.0625 e. The van der Waals surface area contributed by atoms with Gasteiger partial charge in [0.05, 0.1) is 11.4 Å². The van der Waals surface area contributed by atoms with Crippen LogP contribution in [0.15, 0.2) is 6.07 Å². The zero-order valence-electron chi connectivity index (χ0n) is 12.2. The quantitative estimate of drug-likeness (QED) is 0.771. The predicted molar refractivity (Wildman–Crippen MR) is 74.5 cm³/mol. The lowest BCUT2D eigenvalue weighted by Crippen LogP contribution is -2.32. The van der Waals surface area contributed by atoms with Gasteiger partial charge >= 0.3 is 0 Å². The number of rotatable bonds is 8. The Morgan fingerprint density at radius 2 is 2.11 bits per heavy atom. The summed E-state index contributed by atoms with van der Waals surface area (Å²) in [6.45, 7) is 11.7. The van der Waals surface area contributed by atoms with Gasteiger partial charge in [0.15, 0.2) is 0 Å². The summed E-state index contributed by atoms with van der Waals surface area (Å²) in [4.78, 5) is 2.39. The average Bonchev–Trinajstić information content (AvgIpc) is 2.76.